The van der Waals surface area contributed by atoms with Crippen molar-refractivity contribution in [3.8, 4) is 17.2 Å². The Morgan fingerprint density at radius 2 is 2.03 bits per heavy atom. The van der Waals surface area contributed by atoms with Crippen molar-refractivity contribution >= 4 is 11.7 Å². The average molecular weight is 438 g/mol. The number of nitrogens with one attached hydrogen (secondary N) is 2. The maximum Gasteiger partial charge on any atom is 0.319 e. The van der Waals surface area contributed by atoms with E-state index >= 15 is 0 Å². The Morgan fingerprint density at radius 1 is 1.16 bits per heavy atom. The van der Waals surface area contributed by atoms with E-state index in [-0.39, 0.29) is 18.7 Å². The number of benzene rings is 2. The van der Waals surface area contributed by atoms with Crippen LogP contribution in [-0.2, 0) is 13.0 Å². The van der Waals surface area contributed by atoms with E-state index in [1.165, 1.54) is 0 Å². The molecule has 2 aromatic carbocycles. The van der Waals surface area contributed by atoms with Crippen LogP contribution in [0.5, 0.6) is 17.2 Å². The highest BCUT2D eigenvalue weighted by Crippen LogP contribution is 2.35. The number of nitrogens with zero attached hydrogens (tertiary/aromatic N) is 2. The van der Waals surface area contributed by atoms with Gasteiger partial charge in [0.25, 0.3) is 0 Å². The SMILES string of the molecule is CC(C)c1noc(CCCNC(=O)Nc2cccc(COc3ccc4c(c3)OCO4)c2)n1. The van der Waals surface area contributed by atoms with E-state index in [9.17, 15) is 4.79 Å². The Hall–Kier alpha value is -3.75. The highest BCUT2D eigenvalue weighted by atomic mass is 16.7. The topological polar surface area (TPSA) is 108 Å². The third-order valence-electron chi connectivity index (χ3n) is 4.79. The smallest absolute Gasteiger partial charge is 0.319 e. The fraction of sp³-hybridized carbons (Fsp3) is 0.348. The molecule has 4 rings (SSSR count). The molecule has 168 valence electrons. The highest BCUT2D eigenvalue weighted by molar-refractivity contribution is 5.89. The van der Waals surface area contributed by atoms with Gasteiger partial charge in [0.1, 0.15) is 12.4 Å². The van der Waals surface area contributed by atoms with Gasteiger partial charge in [-0.2, -0.15) is 4.98 Å². The van der Waals surface area contributed by atoms with Crippen molar-refractivity contribution in [3.05, 3.63) is 59.7 Å². The van der Waals surface area contributed by atoms with E-state index in [1.807, 2.05) is 50.2 Å². The molecule has 1 aliphatic rings. The van der Waals surface area contributed by atoms with Crippen molar-refractivity contribution in [2.45, 2.75) is 39.2 Å². The molecule has 9 nitrogen and oxygen atoms in total. The molecule has 0 aliphatic carbocycles. The summed E-state index contributed by atoms with van der Waals surface area (Å²) >= 11 is 0. The minimum Gasteiger partial charge on any atom is -0.489 e. The third kappa shape index (κ3) is 5.69. The zero-order chi connectivity index (χ0) is 22.3. The lowest BCUT2D eigenvalue weighted by Crippen LogP contribution is -2.29. The molecular formula is C23H26N4O5. The monoisotopic (exact) mass is 438 g/mol. The van der Waals surface area contributed by atoms with Gasteiger partial charge in [-0.3, -0.25) is 0 Å². The Morgan fingerprint density at radius 3 is 2.88 bits per heavy atom. The number of hydrogen-bond acceptors (Lipinski definition) is 7. The number of carbonyl (C=O) groups excluding carboxylic acids is 1. The fourth-order valence-electron chi connectivity index (χ4n) is 3.09. The average Bonchev–Trinajstić information content (AvgIpc) is 3.45. The summed E-state index contributed by atoms with van der Waals surface area (Å²) in [4.78, 5) is 16.5. The van der Waals surface area contributed by atoms with E-state index in [0.29, 0.717) is 60.6 Å². The molecule has 1 aromatic heterocycles. The van der Waals surface area contributed by atoms with Gasteiger partial charge in [0.15, 0.2) is 17.3 Å². The standard InChI is InChI=1S/C23H26N4O5/c1-15(2)22-26-21(32-27-22)7-4-10-24-23(28)25-17-6-3-5-16(11-17)13-29-18-8-9-19-20(12-18)31-14-30-19/h3,5-6,8-9,11-12,15H,4,7,10,13-14H2,1-2H3,(H2,24,25,28). The number of carbonyl (C=O) groups is 1. The summed E-state index contributed by atoms with van der Waals surface area (Å²) in [6, 6.07) is 12.7. The summed E-state index contributed by atoms with van der Waals surface area (Å²) in [5, 5.41) is 9.61. The number of ether oxygens (including phenoxy) is 3. The van der Waals surface area contributed by atoms with Gasteiger partial charge in [0.05, 0.1) is 0 Å². The third-order valence-corrected chi connectivity index (χ3v) is 4.79. The molecule has 32 heavy (non-hydrogen) atoms. The number of amides is 2. The number of aromatic nitrogens is 2. The lowest BCUT2D eigenvalue weighted by atomic mass is 10.2. The van der Waals surface area contributed by atoms with Crippen LogP contribution in [0.15, 0.2) is 47.0 Å². The van der Waals surface area contributed by atoms with E-state index < -0.39 is 0 Å². The lowest BCUT2D eigenvalue weighted by Gasteiger charge is -2.10. The summed E-state index contributed by atoms with van der Waals surface area (Å²) in [7, 11) is 0. The summed E-state index contributed by atoms with van der Waals surface area (Å²) in [5.74, 6) is 3.60. The number of aryl methyl sites for hydroxylation is 1. The molecule has 2 amide bonds. The van der Waals surface area contributed by atoms with Crippen molar-refractivity contribution in [3.63, 3.8) is 0 Å². The van der Waals surface area contributed by atoms with Crippen LogP contribution in [-0.4, -0.2) is 29.5 Å². The largest absolute Gasteiger partial charge is 0.489 e. The van der Waals surface area contributed by atoms with Crippen LogP contribution < -0.4 is 24.8 Å². The summed E-state index contributed by atoms with van der Waals surface area (Å²) < 4.78 is 21.7. The first-order valence-corrected chi connectivity index (χ1v) is 10.6. The minimum atomic E-state index is -0.271. The maximum atomic E-state index is 12.2. The Kier molecular flexibility index (Phi) is 6.74. The first-order valence-electron chi connectivity index (χ1n) is 10.6. The number of hydrogen-bond donors (Lipinski definition) is 2. The number of urea groups is 1. The second kappa shape index (κ2) is 10.0. The van der Waals surface area contributed by atoms with Crippen LogP contribution in [0.4, 0.5) is 10.5 Å². The molecule has 0 saturated carbocycles. The summed E-state index contributed by atoms with van der Waals surface area (Å²) in [6.07, 6.45) is 1.32. The van der Waals surface area contributed by atoms with Gasteiger partial charge in [0, 0.05) is 30.6 Å². The summed E-state index contributed by atoms with van der Waals surface area (Å²) in [5.41, 5.74) is 1.62. The van der Waals surface area contributed by atoms with Crippen LogP contribution >= 0.6 is 0 Å². The van der Waals surface area contributed by atoms with Crippen LogP contribution in [0.25, 0.3) is 0 Å². The predicted molar refractivity (Wildman–Crippen MR) is 117 cm³/mol. The van der Waals surface area contributed by atoms with Gasteiger partial charge in [-0.15, -0.1) is 0 Å². The van der Waals surface area contributed by atoms with E-state index in [0.717, 1.165) is 5.56 Å². The Bertz CT molecular complexity index is 1070. The Balaban J connectivity index is 1.20. The maximum absolute atomic E-state index is 12.2. The van der Waals surface area contributed by atoms with Crippen molar-refractivity contribution in [2.24, 2.45) is 0 Å². The molecule has 0 fully saturated rings. The lowest BCUT2D eigenvalue weighted by molar-refractivity contribution is 0.173. The molecule has 0 saturated heterocycles. The molecule has 9 heteroatoms. The van der Waals surface area contributed by atoms with E-state index in [4.69, 9.17) is 18.7 Å². The van der Waals surface area contributed by atoms with Gasteiger partial charge >= 0.3 is 6.03 Å². The second-order valence-corrected chi connectivity index (χ2v) is 7.69. The zero-order valence-electron chi connectivity index (χ0n) is 18.1. The zero-order valence-corrected chi connectivity index (χ0v) is 18.1. The first kappa shape index (κ1) is 21.5. The quantitative estimate of drug-likeness (QED) is 0.481. The predicted octanol–water partition coefficient (Wildman–Crippen LogP) is 4.26. The molecule has 1 aliphatic heterocycles. The fourth-order valence-corrected chi connectivity index (χ4v) is 3.09. The van der Waals surface area contributed by atoms with Crippen molar-refractivity contribution in [1.29, 1.82) is 0 Å². The van der Waals surface area contributed by atoms with Gasteiger partial charge in [-0.1, -0.05) is 31.1 Å². The van der Waals surface area contributed by atoms with Gasteiger partial charge in [-0.25, -0.2) is 4.79 Å². The van der Waals surface area contributed by atoms with E-state index in [2.05, 4.69) is 20.8 Å². The van der Waals surface area contributed by atoms with Crippen molar-refractivity contribution < 1.29 is 23.5 Å². The molecule has 0 radical (unpaired) electrons. The van der Waals surface area contributed by atoms with Crippen LogP contribution in [0.1, 0.15) is 43.5 Å². The Labute approximate surface area is 186 Å². The number of rotatable bonds is 9. The first-order chi connectivity index (χ1) is 15.6. The van der Waals surface area contributed by atoms with Crippen molar-refractivity contribution in [1.82, 2.24) is 15.5 Å². The van der Waals surface area contributed by atoms with Gasteiger partial charge < -0.3 is 29.4 Å². The highest BCUT2D eigenvalue weighted by Gasteiger charge is 2.14. The molecular weight excluding hydrogens is 412 g/mol. The van der Waals surface area contributed by atoms with Crippen LogP contribution in [0, 0.1) is 0 Å². The number of fused-ring (bicyclic) bond motifs is 1. The molecule has 3 aromatic rings. The van der Waals surface area contributed by atoms with E-state index in [1.54, 1.807) is 6.07 Å². The molecule has 0 unspecified atom stereocenters. The van der Waals surface area contributed by atoms with Gasteiger partial charge in [-0.05, 0) is 36.2 Å². The van der Waals surface area contributed by atoms with Gasteiger partial charge in [0.2, 0.25) is 12.7 Å². The molecule has 0 atom stereocenters. The molecule has 2 N–H and O–H groups in total. The molecule has 0 bridgehead atoms. The van der Waals surface area contributed by atoms with Crippen molar-refractivity contribution in [2.75, 3.05) is 18.7 Å². The normalized spacial score (nSPS) is 12.1. The second-order valence-electron chi connectivity index (χ2n) is 7.69. The minimum absolute atomic E-state index is 0.227. The summed E-state index contributed by atoms with van der Waals surface area (Å²) in [6.45, 7) is 5.11. The molecule has 0 spiro atoms. The van der Waals surface area contributed by atoms with Crippen LogP contribution in [0.2, 0.25) is 0 Å². The molecule has 2 heterocycles. The van der Waals surface area contributed by atoms with Crippen LogP contribution in [0.3, 0.4) is 0 Å². The number of anilines is 1.